The van der Waals surface area contributed by atoms with E-state index in [2.05, 4.69) is 10.3 Å². The summed E-state index contributed by atoms with van der Waals surface area (Å²) in [6.07, 6.45) is 0. The second-order valence-corrected chi connectivity index (χ2v) is 10.7. The van der Waals surface area contributed by atoms with Gasteiger partial charge in [0.1, 0.15) is 15.5 Å². The Morgan fingerprint density at radius 3 is 2.47 bits per heavy atom. The molecule has 1 fully saturated rings. The Balaban J connectivity index is 1.18. The number of pyridine rings is 1. The van der Waals surface area contributed by atoms with Gasteiger partial charge in [0.15, 0.2) is 6.61 Å². The van der Waals surface area contributed by atoms with Crippen molar-refractivity contribution in [1.29, 1.82) is 0 Å². The van der Waals surface area contributed by atoms with Gasteiger partial charge in [0, 0.05) is 55.1 Å². The van der Waals surface area contributed by atoms with Gasteiger partial charge in [-0.2, -0.15) is 0 Å². The summed E-state index contributed by atoms with van der Waals surface area (Å²) in [6.45, 7) is 3.26. The molecule has 43 heavy (non-hydrogen) atoms. The number of nitrogens with one attached hydrogen (secondary N) is 1. The Hall–Kier alpha value is -5.24. The highest BCUT2D eigenvalue weighted by Gasteiger charge is 2.24. The molecule has 0 unspecified atom stereocenters. The van der Waals surface area contributed by atoms with Gasteiger partial charge < -0.3 is 30.3 Å². The zero-order valence-electron chi connectivity index (χ0n) is 23.4. The van der Waals surface area contributed by atoms with Crippen molar-refractivity contribution in [2.75, 3.05) is 55.8 Å². The van der Waals surface area contributed by atoms with Gasteiger partial charge in [-0.3, -0.25) is 19.7 Å². The Morgan fingerprint density at radius 1 is 1.07 bits per heavy atom. The number of nitro benzene ring substituents is 1. The molecule has 2 aromatic carbocycles. The minimum Gasteiger partial charge on any atom is -0.495 e. The van der Waals surface area contributed by atoms with Gasteiger partial charge in [-0.25, -0.2) is 9.78 Å². The first-order valence-electron chi connectivity index (χ1n) is 13.2. The number of fused-ring (bicyclic) bond motifs is 1. The molecule has 13 nitrogen and oxygen atoms in total. The van der Waals surface area contributed by atoms with Crippen LogP contribution in [0.25, 0.3) is 10.2 Å². The number of nitro groups is 1. The number of non-ortho nitro benzene ring substituents is 1. The van der Waals surface area contributed by atoms with Crippen LogP contribution in [0.1, 0.15) is 25.7 Å². The summed E-state index contributed by atoms with van der Waals surface area (Å²) in [5.41, 5.74) is 8.52. The second kappa shape index (κ2) is 12.3. The molecule has 3 heterocycles. The molecule has 0 bridgehead atoms. The number of ether oxygens (including phenoxy) is 2. The minimum atomic E-state index is -0.739. The van der Waals surface area contributed by atoms with Gasteiger partial charge in [0.05, 0.1) is 29.0 Å². The number of aryl methyl sites for hydroxylation is 1. The van der Waals surface area contributed by atoms with Crippen LogP contribution in [0.3, 0.4) is 0 Å². The Kier molecular flexibility index (Phi) is 8.39. The van der Waals surface area contributed by atoms with Gasteiger partial charge >= 0.3 is 5.97 Å². The highest BCUT2D eigenvalue weighted by molar-refractivity contribution is 7.21. The van der Waals surface area contributed by atoms with Crippen molar-refractivity contribution in [2.24, 2.45) is 0 Å². The van der Waals surface area contributed by atoms with Crippen LogP contribution in [0.5, 0.6) is 5.75 Å². The summed E-state index contributed by atoms with van der Waals surface area (Å²) >= 11 is 1.16. The van der Waals surface area contributed by atoms with E-state index in [1.807, 2.05) is 24.0 Å². The topological polar surface area (TPSA) is 170 Å². The third kappa shape index (κ3) is 6.33. The maximum absolute atomic E-state index is 13.1. The predicted octanol–water partition coefficient (Wildman–Crippen LogP) is 3.86. The molecular weight excluding hydrogens is 576 g/mol. The number of piperazine rings is 1. The number of carbonyl (C=O) groups is 3. The molecule has 0 saturated carbocycles. The number of aromatic nitrogens is 1. The van der Waals surface area contributed by atoms with Gasteiger partial charge in [-0.15, -0.1) is 11.3 Å². The Bertz CT molecular complexity index is 1710. The summed E-state index contributed by atoms with van der Waals surface area (Å²) in [7, 11) is 1.43. The molecule has 4 aromatic rings. The quantitative estimate of drug-likeness (QED) is 0.171. The first-order chi connectivity index (χ1) is 20.6. The second-order valence-electron chi connectivity index (χ2n) is 9.74. The van der Waals surface area contributed by atoms with E-state index in [1.165, 1.54) is 37.4 Å². The van der Waals surface area contributed by atoms with Crippen molar-refractivity contribution in [3.8, 4) is 5.75 Å². The van der Waals surface area contributed by atoms with E-state index < -0.39 is 23.4 Å². The van der Waals surface area contributed by atoms with Crippen LogP contribution in [-0.2, 0) is 9.53 Å². The van der Waals surface area contributed by atoms with Crippen LogP contribution >= 0.6 is 11.3 Å². The van der Waals surface area contributed by atoms with E-state index in [9.17, 15) is 24.5 Å². The molecule has 222 valence electrons. The number of amides is 2. The molecule has 0 radical (unpaired) electrons. The molecule has 2 amide bonds. The average Bonchev–Trinajstić information content (AvgIpc) is 3.34. The number of rotatable bonds is 8. The number of carbonyl (C=O) groups excluding carboxylic acids is 3. The Morgan fingerprint density at radius 2 is 1.79 bits per heavy atom. The molecule has 0 atom stereocenters. The highest BCUT2D eigenvalue weighted by Crippen LogP contribution is 2.34. The first kappa shape index (κ1) is 29.3. The monoisotopic (exact) mass is 604 g/mol. The SMILES string of the molecule is COc1ccc(C(=O)OCC(=O)N2CCN(c3ccc([N+](=O)[O-])cc3)CC2)cc1NC(=O)c1sc2nc(C)ccc2c1N. The molecule has 1 aliphatic rings. The summed E-state index contributed by atoms with van der Waals surface area (Å²) < 4.78 is 10.6. The molecule has 5 rings (SSSR count). The third-order valence-corrected chi connectivity index (χ3v) is 8.12. The molecule has 0 aliphatic carbocycles. The standard InChI is InChI=1S/C29H28N6O7S/c1-17-3-9-21-25(30)26(43-28(21)31-17)27(37)32-22-15-18(4-10-23(22)41-2)29(38)42-16-24(36)34-13-11-33(12-14-34)19-5-7-20(8-6-19)35(39)40/h3-10,15H,11-14,16,30H2,1-2H3,(H,32,37). The fraction of sp³-hybridized carbons (Fsp3) is 0.241. The van der Waals surface area contributed by atoms with Crippen molar-refractivity contribution in [3.63, 3.8) is 0 Å². The molecule has 1 saturated heterocycles. The zero-order chi connectivity index (χ0) is 30.7. The molecule has 3 N–H and O–H groups in total. The normalized spacial score (nSPS) is 13.1. The van der Waals surface area contributed by atoms with Gasteiger partial charge in [0.25, 0.3) is 17.5 Å². The predicted molar refractivity (Wildman–Crippen MR) is 162 cm³/mol. The van der Waals surface area contributed by atoms with Crippen LogP contribution in [-0.4, -0.2) is 72.5 Å². The van der Waals surface area contributed by atoms with E-state index >= 15 is 0 Å². The van der Waals surface area contributed by atoms with Crippen molar-refractivity contribution < 1.29 is 28.8 Å². The number of anilines is 3. The lowest BCUT2D eigenvalue weighted by Crippen LogP contribution is -2.49. The fourth-order valence-electron chi connectivity index (χ4n) is 4.67. The third-order valence-electron chi connectivity index (χ3n) is 7.01. The molecule has 14 heteroatoms. The minimum absolute atomic E-state index is 0.0132. The van der Waals surface area contributed by atoms with Gasteiger partial charge in [0.2, 0.25) is 0 Å². The van der Waals surface area contributed by atoms with Crippen LogP contribution in [0.2, 0.25) is 0 Å². The van der Waals surface area contributed by atoms with Gasteiger partial charge in [-0.05, 0) is 49.4 Å². The van der Waals surface area contributed by atoms with Crippen molar-refractivity contribution in [3.05, 3.63) is 80.8 Å². The smallest absolute Gasteiger partial charge is 0.338 e. The van der Waals surface area contributed by atoms with E-state index in [-0.39, 0.29) is 27.7 Å². The maximum Gasteiger partial charge on any atom is 0.338 e. The lowest BCUT2D eigenvalue weighted by atomic mass is 10.1. The summed E-state index contributed by atoms with van der Waals surface area (Å²) in [5, 5.41) is 14.3. The van der Waals surface area contributed by atoms with E-state index in [1.54, 1.807) is 17.0 Å². The van der Waals surface area contributed by atoms with Crippen LogP contribution < -0.4 is 20.7 Å². The largest absolute Gasteiger partial charge is 0.495 e. The number of nitrogens with zero attached hydrogens (tertiary/aromatic N) is 4. The average molecular weight is 605 g/mol. The molecule has 1 aliphatic heterocycles. The number of hydrogen-bond donors (Lipinski definition) is 2. The Labute approximate surface area is 250 Å². The number of nitrogen functional groups attached to an aromatic ring is 1. The maximum atomic E-state index is 13.1. The summed E-state index contributed by atoms with van der Waals surface area (Å²) in [5.74, 6) is -1.24. The molecule has 0 spiro atoms. The number of thiophene rings is 1. The summed E-state index contributed by atoms with van der Waals surface area (Å²) in [6, 6.07) is 14.3. The lowest BCUT2D eigenvalue weighted by molar-refractivity contribution is -0.384. The van der Waals surface area contributed by atoms with E-state index in [4.69, 9.17) is 15.2 Å². The number of nitrogens with two attached hydrogens (primary N) is 1. The van der Waals surface area contributed by atoms with Crippen LogP contribution in [0.15, 0.2) is 54.6 Å². The lowest BCUT2D eigenvalue weighted by Gasteiger charge is -2.36. The van der Waals surface area contributed by atoms with Gasteiger partial charge in [-0.1, -0.05) is 0 Å². The molecular formula is C29H28N6O7S. The summed E-state index contributed by atoms with van der Waals surface area (Å²) in [4.78, 5) is 58.1. The molecule has 2 aromatic heterocycles. The number of methoxy groups -OCH3 is 1. The van der Waals surface area contributed by atoms with Crippen molar-refractivity contribution in [2.45, 2.75) is 6.92 Å². The zero-order valence-corrected chi connectivity index (χ0v) is 24.2. The van der Waals surface area contributed by atoms with Crippen LogP contribution in [0, 0.1) is 17.0 Å². The van der Waals surface area contributed by atoms with E-state index in [0.717, 1.165) is 22.7 Å². The number of hydrogen-bond acceptors (Lipinski definition) is 11. The van der Waals surface area contributed by atoms with Crippen LogP contribution in [0.4, 0.5) is 22.7 Å². The number of benzene rings is 2. The van der Waals surface area contributed by atoms with Crippen molar-refractivity contribution >= 4 is 62.1 Å². The fourth-order valence-corrected chi connectivity index (χ4v) is 5.71. The number of esters is 1. The van der Waals surface area contributed by atoms with E-state index in [0.29, 0.717) is 47.8 Å². The van der Waals surface area contributed by atoms with Crippen molar-refractivity contribution in [1.82, 2.24) is 9.88 Å². The first-order valence-corrected chi connectivity index (χ1v) is 14.1. The highest BCUT2D eigenvalue weighted by atomic mass is 32.1.